The second-order valence-electron chi connectivity index (χ2n) is 11.8. The average molecular weight is 460 g/mol. The summed E-state index contributed by atoms with van der Waals surface area (Å²) in [5, 5.41) is 4.99. The van der Waals surface area contributed by atoms with Crippen molar-refractivity contribution in [3.05, 3.63) is 76.9 Å². The van der Waals surface area contributed by atoms with E-state index in [-0.39, 0.29) is 5.41 Å². The number of pyridine rings is 1. The van der Waals surface area contributed by atoms with Crippen LogP contribution in [0.25, 0.3) is 54.0 Å². The molecule has 0 aliphatic carbocycles. The van der Waals surface area contributed by atoms with Gasteiger partial charge in [-0.25, -0.2) is 11.1 Å². The van der Waals surface area contributed by atoms with Crippen LogP contribution in [-0.4, -0.2) is 9.38 Å². The summed E-state index contributed by atoms with van der Waals surface area (Å²) < 4.78 is 4.58. The molecule has 0 spiro atoms. The van der Waals surface area contributed by atoms with Crippen LogP contribution in [0.2, 0.25) is 0 Å². The first-order valence-corrected chi connectivity index (χ1v) is 12.3. The summed E-state index contributed by atoms with van der Waals surface area (Å²) >= 11 is 0. The van der Waals surface area contributed by atoms with Crippen LogP contribution < -0.4 is 4.57 Å². The molecule has 35 heavy (non-hydrogen) atoms. The van der Waals surface area contributed by atoms with Crippen molar-refractivity contribution < 1.29 is 4.57 Å². The van der Waals surface area contributed by atoms with Crippen molar-refractivity contribution in [2.24, 2.45) is 12.5 Å². The van der Waals surface area contributed by atoms with Crippen molar-refractivity contribution in [2.75, 3.05) is 0 Å². The van der Waals surface area contributed by atoms with E-state index < -0.39 is 5.54 Å². The number of nitrogens with zero attached hydrogens (tertiary/aromatic N) is 4. The molecule has 0 saturated carbocycles. The molecule has 0 saturated heterocycles. The SMILES string of the molecule is [C-]#[N+]C(C)(C)c1cc2nc[n+](C)c3c4c(C)ccc5c6cc(CC(C)(C)C)ccc6n(c(c1)c23)c54. The standard InChI is InChI=1S/C31H31N4/c1-18-9-11-21-22-13-19(16-30(2,3)4)10-12-24(22)35-25-15-20(31(5,6)32-7)14-23-27(25)29(26(18)28(21)35)34(8)17-33-23/h9-15,17H,16H2,1-6,8H3/q+1. The average Bonchev–Trinajstić information content (AvgIpc) is 3.12. The van der Waals surface area contributed by atoms with Gasteiger partial charge < -0.3 is 9.25 Å². The highest BCUT2D eigenvalue weighted by molar-refractivity contribution is 6.25. The van der Waals surface area contributed by atoms with E-state index in [1.807, 2.05) is 20.2 Å². The first-order chi connectivity index (χ1) is 16.5. The molecule has 0 N–H and O–H groups in total. The third kappa shape index (κ3) is 3.04. The Morgan fingerprint density at radius 3 is 2.43 bits per heavy atom. The molecule has 3 aromatic heterocycles. The molecule has 0 aliphatic heterocycles. The molecule has 6 rings (SSSR count). The molecule has 0 unspecified atom stereocenters. The fourth-order valence-electron chi connectivity index (χ4n) is 5.76. The van der Waals surface area contributed by atoms with Crippen molar-refractivity contribution in [2.45, 2.75) is 53.5 Å². The van der Waals surface area contributed by atoms with Crippen molar-refractivity contribution in [3.63, 3.8) is 0 Å². The Bertz CT molecular complexity index is 1860. The van der Waals surface area contributed by atoms with E-state index in [4.69, 9.17) is 11.6 Å². The van der Waals surface area contributed by atoms with Crippen molar-refractivity contribution in [3.8, 4) is 0 Å². The molecule has 0 atom stereocenters. The summed E-state index contributed by atoms with van der Waals surface area (Å²) in [6.07, 6.45) is 2.94. The molecule has 0 bridgehead atoms. The lowest BCUT2D eigenvalue weighted by Gasteiger charge is -2.18. The number of hydrogen-bond donors (Lipinski definition) is 0. The largest absolute Gasteiger partial charge is 0.308 e. The molecule has 3 aromatic carbocycles. The van der Waals surface area contributed by atoms with Gasteiger partial charge in [-0.2, -0.15) is 0 Å². The molecular weight excluding hydrogens is 428 g/mol. The van der Waals surface area contributed by atoms with E-state index in [1.165, 1.54) is 43.8 Å². The fourth-order valence-corrected chi connectivity index (χ4v) is 5.76. The maximum absolute atomic E-state index is 7.82. The van der Waals surface area contributed by atoms with Crippen LogP contribution >= 0.6 is 0 Å². The van der Waals surface area contributed by atoms with Gasteiger partial charge in [-0.15, -0.1) is 0 Å². The predicted molar refractivity (Wildman–Crippen MR) is 145 cm³/mol. The normalized spacial score (nSPS) is 13.1. The Labute approximate surface area is 206 Å². The van der Waals surface area contributed by atoms with Gasteiger partial charge in [0.25, 0.3) is 11.9 Å². The van der Waals surface area contributed by atoms with Crippen molar-refractivity contribution in [1.29, 1.82) is 0 Å². The number of aromatic nitrogens is 3. The van der Waals surface area contributed by atoms with Gasteiger partial charge in [0.2, 0.25) is 0 Å². The minimum absolute atomic E-state index is 0.225. The zero-order chi connectivity index (χ0) is 24.9. The van der Waals surface area contributed by atoms with Gasteiger partial charge in [-0.3, -0.25) is 0 Å². The van der Waals surface area contributed by atoms with Gasteiger partial charge in [0.05, 0.1) is 29.0 Å². The number of benzene rings is 3. The highest BCUT2D eigenvalue weighted by Crippen LogP contribution is 2.42. The monoisotopic (exact) mass is 459 g/mol. The summed E-state index contributed by atoms with van der Waals surface area (Å²) in [6, 6.07) is 15.8. The van der Waals surface area contributed by atoms with Crippen LogP contribution in [-0.2, 0) is 19.0 Å². The summed E-state index contributed by atoms with van der Waals surface area (Å²) in [5.74, 6) is 0. The predicted octanol–water partition coefficient (Wildman–Crippen LogP) is 7.26. The molecule has 0 aliphatic rings. The zero-order valence-electron chi connectivity index (χ0n) is 21.6. The quantitative estimate of drug-likeness (QED) is 0.116. The van der Waals surface area contributed by atoms with Crippen LogP contribution in [0.15, 0.2) is 48.8 Å². The molecule has 0 radical (unpaired) electrons. The van der Waals surface area contributed by atoms with E-state index in [0.717, 1.165) is 28.4 Å². The molecular formula is C31H31N4+. The van der Waals surface area contributed by atoms with E-state index >= 15 is 0 Å². The lowest BCUT2D eigenvalue weighted by Crippen LogP contribution is -2.30. The van der Waals surface area contributed by atoms with Gasteiger partial charge in [0, 0.05) is 41.6 Å². The summed E-state index contributed by atoms with van der Waals surface area (Å²) in [4.78, 5) is 8.77. The maximum atomic E-state index is 7.82. The summed E-state index contributed by atoms with van der Waals surface area (Å²) in [5.41, 5.74) is 8.94. The lowest BCUT2D eigenvalue weighted by molar-refractivity contribution is -0.646. The second-order valence-corrected chi connectivity index (χ2v) is 11.8. The third-order valence-electron chi connectivity index (χ3n) is 7.46. The first-order valence-electron chi connectivity index (χ1n) is 12.3. The van der Waals surface area contributed by atoms with E-state index in [2.05, 4.69) is 91.0 Å². The van der Waals surface area contributed by atoms with Gasteiger partial charge in [-0.1, -0.05) is 39.0 Å². The minimum atomic E-state index is -0.626. The van der Waals surface area contributed by atoms with Crippen LogP contribution in [0.5, 0.6) is 0 Å². The number of rotatable bonds is 2. The minimum Gasteiger partial charge on any atom is -0.308 e. The fraction of sp³-hybridized carbons (Fsp3) is 0.323. The topological polar surface area (TPSA) is 25.5 Å². The Morgan fingerprint density at radius 2 is 1.71 bits per heavy atom. The molecule has 4 heteroatoms. The van der Waals surface area contributed by atoms with Gasteiger partial charge in [0.1, 0.15) is 5.52 Å². The van der Waals surface area contributed by atoms with Crippen LogP contribution in [0.4, 0.5) is 0 Å². The van der Waals surface area contributed by atoms with Crippen molar-refractivity contribution >= 4 is 49.1 Å². The molecule has 0 fully saturated rings. The summed E-state index contributed by atoms with van der Waals surface area (Å²) in [6.45, 7) is 20.9. The lowest BCUT2D eigenvalue weighted by atomic mass is 9.88. The van der Waals surface area contributed by atoms with Crippen LogP contribution in [0.1, 0.15) is 51.3 Å². The smallest absolute Gasteiger partial charge is 0.287 e. The highest BCUT2D eigenvalue weighted by atomic mass is 15.0. The molecule has 4 nitrogen and oxygen atoms in total. The van der Waals surface area contributed by atoms with Gasteiger partial charge >= 0.3 is 0 Å². The molecule has 3 heterocycles. The Hall–Kier alpha value is -3.71. The highest BCUT2D eigenvalue weighted by Gasteiger charge is 2.31. The van der Waals surface area contributed by atoms with Gasteiger partial charge in [0.15, 0.2) is 5.52 Å². The number of fused-ring (bicyclic) bond motifs is 5. The second kappa shape index (κ2) is 6.92. The molecule has 0 amide bonds. The van der Waals surface area contributed by atoms with E-state index in [1.54, 1.807) is 0 Å². The van der Waals surface area contributed by atoms with Crippen LogP contribution in [0, 0.1) is 18.9 Å². The van der Waals surface area contributed by atoms with E-state index in [0.29, 0.717) is 0 Å². The third-order valence-corrected chi connectivity index (χ3v) is 7.46. The van der Waals surface area contributed by atoms with E-state index in [9.17, 15) is 0 Å². The molecule has 174 valence electrons. The summed E-state index contributed by atoms with van der Waals surface area (Å²) in [7, 11) is 2.08. The maximum Gasteiger partial charge on any atom is 0.287 e. The van der Waals surface area contributed by atoms with Gasteiger partial charge in [-0.05, 0) is 53.1 Å². The number of aryl methyl sites for hydroxylation is 2. The Balaban J connectivity index is 1.90. The Morgan fingerprint density at radius 1 is 0.943 bits per heavy atom. The van der Waals surface area contributed by atoms with Crippen LogP contribution in [0.3, 0.4) is 0 Å². The first kappa shape index (κ1) is 21.8. The Kier molecular flexibility index (Phi) is 4.31. The van der Waals surface area contributed by atoms with Crippen molar-refractivity contribution in [1.82, 2.24) is 9.38 Å². The zero-order valence-corrected chi connectivity index (χ0v) is 21.6. The number of hydrogen-bond acceptors (Lipinski definition) is 1. The molecule has 6 aromatic rings.